The molecule has 1 aliphatic rings. The van der Waals surface area contributed by atoms with Gasteiger partial charge in [0.05, 0.1) is 12.5 Å². The maximum Gasteiger partial charge on any atom is 0.237 e. The largest absolute Gasteiger partial charge is 0.370 e. The van der Waals surface area contributed by atoms with E-state index in [9.17, 15) is 9.59 Å². The van der Waals surface area contributed by atoms with Gasteiger partial charge in [-0.15, -0.1) is 0 Å². The van der Waals surface area contributed by atoms with Crippen molar-refractivity contribution in [2.45, 2.75) is 37.8 Å². The lowest BCUT2D eigenvalue weighted by atomic mass is 10.2. The van der Waals surface area contributed by atoms with Crippen molar-refractivity contribution in [2.24, 2.45) is 11.5 Å². The molecule has 0 radical (unpaired) electrons. The zero-order valence-corrected chi connectivity index (χ0v) is 7.67. The Balaban J connectivity index is 2.34. The van der Waals surface area contributed by atoms with Crippen molar-refractivity contribution in [3.05, 3.63) is 0 Å². The molecule has 0 saturated heterocycles. The van der Waals surface area contributed by atoms with E-state index >= 15 is 0 Å². The molecule has 0 spiro atoms. The van der Waals surface area contributed by atoms with E-state index < -0.39 is 11.9 Å². The molecule has 74 valence electrons. The molecule has 0 aliphatic heterocycles. The first-order valence-electron chi connectivity index (χ1n) is 4.29. The van der Waals surface area contributed by atoms with Gasteiger partial charge in [0, 0.05) is 5.54 Å². The van der Waals surface area contributed by atoms with Crippen LogP contribution in [0.15, 0.2) is 0 Å². The highest BCUT2D eigenvalue weighted by molar-refractivity contribution is 5.88. The minimum atomic E-state index is -0.810. The minimum absolute atomic E-state index is 0.0909. The van der Waals surface area contributed by atoms with Crippen molar-refractivity contribution in [2.75, 3.05) is 0 Å². The minimum Gasteiger partial charge on any atom is -0.370 e. The van der Waals surface area contributed by atoms with Gasteiger partial charge in [-0.3, -0.25) is 9.59 Å². The first kappa shape index (κ1) is 9.98. The lowest BCUT2D eigenvalue weighted by Gasteiger charge is -2.15. The van der Waals surface area contributed by atoms with Crippen LogP contribution >= 0.6 is 0 Å². The lowest BCUT2D eigenvalue weighted by molar-refractivity contribution is -0.126. The van der Waals surface area contributed by atoms with Crippen LogP contribution in [0.4, 0.5) is 0 Å². The van der Waals surface area contributed by atoms with E-state index in [1.165, 1.54) is 0 Å². The van der Waals surface area contributed by atoms with Gasteiger partial charge in [0.1, 0.15) is 0 Å². The first-order valence-corrected chi connectivity index (χ1v) is 4.29. The topological polar surface area (TPSA) is 98.2 Å². The quantitative estimate of drug-likeness (QED) is 0.516. The third-order valence-electron chi connectivity index (χ3n) is 2.18. The lowest BCUT2D eigenvalue weighted by Crippen LogP contribution is -2.47. The van der Waals surface area contributed by atoms with Crippen molar-refractivity contribution >= 4 is 11.8 Å². The van der Waals surface area contributed by atoms with Crippen LogP contribution in [0.2, 0.25) is 0 Å². The number of carbonyl (C=O) groups is 2. The Labute approximate surface area is 76.8 Å². The molecule has 1 fully saturated rings. The van der Waals surface area contributed by atoms with E-state index in [1.807, 2.05) is 6.92 Å². The van der Waals surface area contributed by atoms with Crippen LogP contribution in [-0.4, -0.2) is 23.4 Å². The van der Waals surface area contributed by atoms with Crippen LogP contribution in [-0.2, 0) is 9.59 Å². The van der Waals surface area contributed by atoms with Gasteiger partial charge < -0.3 is 16.8 Å². The summed E-state index contributed by atoms with van der Waals surface area (Å²) in [4.78, 5) is 21.7. The Morgan fingerprint density at radius 1 is 1.54 bits per heavy atom. The molecule has 0 aromatic heterocycles. The Kier molecular flexibility index (Phi) is 2.56. The second kappa shape index (κ2) is 3.33. The van der Waals surface area contributed by atoms with E-state index in [2.05, 4.69) is 5.32 Å². The molecular formula is C8H15N3O2. The molecule has 0 bridgehead atoms. The van der Waals surface area contributed by atoms with Crippen LogP contribution in [0.3, 0.4) is 0 Å². The highest BCUT2D eigenvalue weighted by Gasteiger charge is 2.39. The average Bonchev–Trinajstić information content (AvgIpc) is 2.66. The zero-order valence-electron chi connectivity index (χ0n) is 7.67. The van der Waals surface area contributed by atoms with Crippen molar-refractivity contribution in [1.82, 2.24) is 5.32 Å². The van der Waals surface area contributed by atoms with Gasteiger partial charge in [0.25, 0.3) is 0 Å². The second-order valence-electron chi connectivity index (χ2n) is 3.83. The SMILES string of the molecule is CC1(NC(=O)C(N)CC(N)=O)CC1. The smallest absolute Gasteiger partial charge is 0.237 e. The van der Waals surface area contributed by atoms with E-state index in [0.717, 1.165) is 12.8 Å². The molecule has 1 aliphatic carbocycles. The number of carbonyl (C=O) groups excluding carboxylic acids is 2. The number of hydrogen-bond donors (Lipinski definition) is 3. The average molecular weight is 185 g/mol. The highest BCUT2D eigenvalue weighted by atomic mass is 16.2. The molecule has 0 aromatic carbocycles. The van der Waals surface area contributed by atoms with Gasteiger partial charge in [-0.1, -0.05) is 0 Å². The van der Waals surface area contributed by atoms with Gasteiger partial charge in [-0.2, -0.15) is 0 Å². The molecule has 1 rings (SSSR count). The standard InChI is InChI=1S/C8H15N3O2/c1-8(2-3-8)11-7(13)5(9)4-6(10)12/h5H,2-4,9H2,1H3,(H2,10,12)(H,11,13). The van der Waals surface area contributed by atoms with Crippen molar-refractivity contribution in [1.29, 1.82) is 0 Å². The summed E-state index contributed by atoms with van der Waals surface area (Å²) < 4.78 is 0. The maximum atomic E-state index is 11.3. The molecule has 1 saturated carbocycles. The molecule has 5 nitrogen and oxygen atoms in total. The predicted octanol–water partition coefficient (Wildman–Crippen LogP) is -1.14. The Morgan fingerprint density at radius 2 is 2.08 bits per heavy atom. The summed E-state index contributed by atoms with van der Waals surface area (Å²) in [5.41, 5.74) is 10.3. The number of amides is 2. The number of nitrogens with one attached hydrogen (secondary N) is 1. The zero-order chi connectivity index (χ0) is 10.1. The van der Waals surface area contributed by atoms with Crippen molar-refractivity contribution in [3.8, 4) is 0 Å². The fraction of sp³-hybridized carbons (Fsp3) is 0.750. The first-order chi connectivity index (χ1) is 5.93. The fourth-order valence-corrected chi connectivity index (χ4v) is 1.01. The molecule has 13 heavy (non-hydrogen) atoms. The summed E-state index contributed by atoms with van der Waals surface area (Å²) in [6.45, 7) is 1.95. The van der Waals surface area contributed by atoms with Crippen LogP contribution in [0.1, 0.15) is 26.2 Å². The third kappa shape index (κ3) is 3.02. The summed E-state index contributed by atoms with van der Waals surface area (Å²) in [5, 5.41) is 2.76. The molecule has 2 amide bonds. The summed E-state index contributed by atoms with van der Waals surface area (Å²) in [5.74, 6) is -0.845. The predicted molar refractivity (Wildman–Crippen MR) is 47.6 cm³/mol. The third-order valence-corrected chi connectivity index (χ3v) is 2.18. The van der Waals surface area contributed by atoms with E-state index in [1.54, 1.807) is 0 Å². The summed E-state index contributed by atoms with van der Waals surface area (Å²) in [7, 11) is 0. The van der Waals surface area contributed by atoms with Gasteiger partial charge in [0.2, 0.25) is 11.8 Å². The van der Waals surface area contributed by atoms with Gasteiger partial charge in [-0.05, 0) is 19.8 Å². The van der Waals surface area contributed by atoms with Crippen molar-refractivity contribution in [3.63, 3.8) is 0 Å². The summed E-state index contributed by atoms with van der Waals surface area (Å²) >= 11 is 0. The molecule has 0 aromatic rings. The number of primary amides is 1. The molecule has 5 heteroatoms. The Morgan fingerprint density at radius 3 is 2.46 bits per heavy atom. The molecule has 1 atom stereocenters. The molecule has 1 unspecified atom stereocenters. The van der Waals surface area contributed by atoms with Crippen LogP contribution in [0.25, 0.3) is 0 Å². The monoisotopic (exact) mass is 185 g/mol. The van der Waals surface area contributed by atoms with E-state index in [0.29, 0.717) is 0 Å². The maximum absolute atomic E-state index is 11.3. The molecule has 0 heterocycles. The number of rotatable bonds is 4. The number of hydrogen-bond acceptors (Lipinski definition) is 3. The van der Waals surface area contributed by atoms with E-state index in [4.69, 9.17) is 11.5 Å². The summed E-state index contributed by atoms with van der Waals surface area (Å²) in [6, 6.07) is -0.810. The normalized spacial score (nSPS) is 20.5. The number of nitrogens with two attached hydrogens (primary N) is 2. The van der Waals surface area contributed by atoms with Crippen LogP contribution in [0, 0.1) is 0 Å². The van der Waals surface area contributed by atoms with Crippen molar-refractivity contribution < 1.29 is 9.59 Å². The molecule has 5 N–H and O–H groups in total. The Hall–Kier alpha value is -1.10. The van der Waals surface area contributed by atoms with Crippen LogP contribution < -0.4 is 16.8 Å². The van der Waals surface area contributed by atoms with E-state index in [-0.39, 0.29) is 17.9 Å². The van der Waals surface area contributed by atoms with Gasteiger partial charge in [-0.25, -0.2) is 0 Å². The summed E-state index contributed by atoms with van der Waals surface area (Å²) in [6.07, 6.45) is 1.85. The Bertz CT molecular complexity index is 236. The second-order valence-corrected chi connectivity index (χ2v) is 3.83. The van der Waals surface area contributed by atoms with Crippen LogP contribution in [0.5, 0.6) is 0 Å². The van der Waals surface area contributed by atoms with Gasteiger partial charge >= 0.3 is 0 Å². The highest BCUT2D eigenvalue weighted by Crippen LogP contribution is 2.34. The van der Waals surface area contributed by atoms with Gasteiger partial charge in [0.15, 0.2) is 0 Å². The molecular weight excluding hydrogens is 170 g/mol. The fourth-order valence-electron chi connectivity index (χ4n) is 1.01.